The third-order valence-electron chi connectivity index (χ3n) is 3.51. The summed E-state index contributed by atoms with van der Waals surface area (Å²) < 4.78 is 10.5. The molecule has 1 aromatic rings. The number of nitrogens with one attached hydrogen (secondary N) is 1. The Labute approximate surface area is 126 Å². The Hall–Kier alpha value is -0.550. The summed E-state index contributed by atoms with van der Waals surface area (Å²) in [6, 6.07) is 6.79. The fourth-order valence-electron chi connectivity index (χ4n) is 2.33. The molecule has 0 saturated carbocycles. The predicted molar refractivity (Wildman–Crippen MR) is 84.5 cm³/mol. The van der Waals surface area contributed by atoms with Gasteiger partial charge in [0.25, 0.3) is 0 Å². The number of methoxy groups -OCH3 is 1. The smallest absolute Gasteiger partial charge is 0.0587 e. The van der Waals surface area contributed by atoms with Gasteiger partial charge in [0.2, 0.25) is 0 Å². The maximum Gasteiger partial charge on any atom is 0.0587 e. The van der Waals surface area contributed by atoms with Crippen molar-refractivity contribution in [2.45, 2.75) is 36.5 Å². The third kappa shape index (κ3) is 5.09. The van der Waals surface area contributed by atoms with E-state index < -0.39 is 0 Å². The second kappa shape index (κ2) is 8.67. The Morgan fingerprint density at radius 1 is 1.35 bits per heavy atom. The Balaban J connectivity index is 1.85. The summed E-state index contributed by atoms with van der Waals surface area (Å²) >= 11 is 2.01. The van der Waals surface area contributed by atoms with Crippen LogP contribution >= 0.6 is 11.8 Å². The topological polar surface area (TPSA) is 30.5 Å². The van der Waals surface area contributed by atoms with Crippen LogP contribution in [0.4, 0.5) is 0 Å². The van der Waals surface area contributed by atoms with Crippen LogP contribution in [0.25, 0.3) is 0 Å². The first-order valence-electron chi connectivity index (χ1n) is 7.33. The van der Waals surface area contributed by atoms with Gasteiger partial charge in [0.15, 0.2) is 0 Å². The van der Waals surface area contributed by atoms with E-state index in [9.17, 15) is 0 Å². The van der Waals surface area contributed by atoms with Crippen LogP contribution in [0, 0.1) is 6.92 Å². The van der Waals surface area contributed by atoms with Crippen molar-refractivity contribution < 1.29 is 9.47 Å². The highest BCUT2D eigenvalue weighted by atomic mass is 32.2. The van der Waals surface area contributed by atoms with Gasteiger partial charge in [0.05, 0.1) is 6.61 Å². The number of hydrogen-bond acceptors (Lipinski definition) is 4. The normalized spacial score (nSPS) is 16.5. The zero-order valence-corrected chi connectivity index (χ0v) is 13.3. The largest absolute Gasteiger partial charge is 0.383 e. The summed E-state index contributed by atoms with van der Waals surface area (Å²) in [5.41, 5.74) is 2.72. The number of thioether (sulfide) groups is 1. The van der Waals surface area contributed by atoms with E-state index in [1.165, 1.54) is 28.9 Å². The molecule has 0 aliphatic carbocycles. The molecule has 1 fully saturated rings. The van der Waals surface area contributed by atoms with Crippen LogP contribution in [-0.2, 0) is 16.0 Å². The van der Waals surface area contributed by atoms with Gasteiger partial charge in [0.1, 0.15) is 0 Å². The van der Waals surface area contributed by atoms with Crippen LogP contribution in [0.5, 0.6) is 0 Å². The maximum absolute atomic E-state index is 5.42. The summed E-state index contributed by atoms with van der Waals surface area (Å²) in [6.45, 7) is 6.61. The molecule has 112 valence electrons. The Kier molecular flexibility index (Phi) is 6.87. The number of aryl methyl sites for hydroxylation is 1. The van der Waals surface area contributed by atoms with Crippen LogP contribution in [0.3, 0.4) is 0 Å². The number of ether oxygens (including phenoxy) is 2. The molecular weight excluding hydrogens is 270 g/mol. The maximum atomic E-state index is 5.42. The minimum Gasteiger partial charge on any atom is -0.383 e. The van der Waals surface area contributed by atoms with Crippen molar-refractivity contribution in [2.24, 2.45) is 0 Å². The third-order valence-corrected chi connectivity index (χ3v) is 5.03. The van der Waals surface area contributed by atoms with Crippen LogP contribution in [0.15, 0.2) is 23.1 Å². The van der Waals surface area contributed by atoms with Gasteiger partial charge in [-0.2, -0.15) is 0 Å². The molecule has 1 saturated heterocycles. The number of hydrogen-bond donors (Lipinski definition) is 1. The van der Waals surface area contributed by atoms with E-state index in [-0.39, 0.29) is 0 Å². The van der Waals surface area contributed by atoms with Gasteiger partial charge in [-0.3, -0.25) is 0 Å². The predicted octanol–water partition coefficient (Wildman–Crippen LogP) is 3.00. The van der Waals surface area contributed by atoms with Gasteiger partial charge in [0, 0.05) is 43.6 Å². The van der Waals surface area contributed by atoms with Gasteiger partial charge < -0.3 is 14.8 Å². The van der Waals surface area contributed by atoms with Gasteiger partial charge in [-0.1, -0.05) is 12.1 Å². The molecule has 1 aliphatic heterocycles. The van der Waals surface area contributed by atoms with Gasteiger partial charge in [-0.15, -0.1) is 11.8 Å². The Morgan fingerprint density at radius 3 is 2.85 bits per heavy atom. The van der Waals surface area contributed by atoms with Crippen molar-refractivity contribution in [3.63, 3.8) is 0 Å². The average molecular weight is 295 g/mol. The van der Waals surface area contributed by atoms with E-state index in [1.807, 2.05) is 11.8 Å². The second-order valence-corrected chi connectivity index (χ2v) is 6.54. The van der Waals surface area contributed by atoms with Crippen molar-refractivity contribution in [3.8, 4) is 0 Å². The molecule has 0 amide bonds. The molecule has 0 radical (unpaired) electrons. The monoisotopic (exact) mass is 295 g/mol. The lowest BCUT2D eigenvalue weighted by atomic mass is 10.1. The van der Waals surface area contributed by atoms with Crippen molar-refractivity contribution >= 4 is 11.8 Å². The van der Waals surface area contributed by atoms with Gasteiger partial charge in [-0.25, -0.2) is 0 Å². The molecule has 4 heteroatoms. The zero-order valence-electron chi connectivity index (χ0n) is 12.5. The van der Waals surface area contributed by atoms with Crippen molar-refractivity contribution in [1.82, 2.24) is 5.32 Å². The van der Waals surface area contributed by atoms with E-state index in [2.05, 4.69) is 30.4 Å². The SMILES string of the molecule is COCCNCc1ccc(SC2CCOCC2)c(C)c1. The molecule has 0 bridgehead atoms. The fourth-order valence-corrected chi connectivity index (χ4v) is 3.51. The summed E-state index contributed by atoms with van der Waals surface area (Å²) in [5, 5.41) is 4.10. The van der Waals surface area contributed by atoms with Crippen LogP contribution in [0.1, 0.15) is 24.0 Å². The van der Waals surface area contributed by atoms with Gasteiger partial charge in [-0.05, 0) is 37.0 Å². The summed E-state index contributed by atoms with van der Waals surface area (Å²) in [4.78, 5) is 1.41. The van der Waals surface area contributed by atoms with E-state index in [4.69, 9.17) is 9.47 Å². The van der Waals surface area contributed by atoms with Crippen molar-refractivity contribution in [1.29, 1.82) is 0 Å². The average Bonchev–Trinajstić information content (AvgIpc) is 2.47. The molecule has 0 atom stereocenters. The van der Waals surface area contributed by atoms with Crippen LogP contribution < -0.4 is 5.32 Å². The lowest BCUT2D eigenvalue weighted by Gasteiger charge is -2.22. The minimum atomic E-state index is 0.716. The molecule has 2 rings (SSSR count). The van der Waals surface area contributed by atoms with E-state index in [1.54, 1.807) is 7.11 Å². The molecular formula is C16H25NO2S. The van der Waals surface area contributed by atoms with Crippen LogP contribution in [-0.4, -0.2) is 38.7 Å². The van der Waals surface area contributed by atoms with Crippen molar-refractivity contribution in [3.05, 3.63) is 29.3 Å². The standard InChI is InChI=1S/C16H25NO2S/c1-13-11-14(12-17-7-10-18-2)3-4-16(13)20-15-5-8-19-9-6-15/h3-4,11,15,17H,5-10,12H2,1-2H3. The van der Waals surface area contributed by atoms with E-state index in [0.29, 0.717) is 5.25 Å². The summed E-state index contributed by atoms with van der Waals surface area (Å²) in [6.07, 6.45) is 2.34. The quantitative estimate of drug-likeness (QED) is 0.783. The van der Waals surface area contributed by atoms with Crippen molar-refractivity contribution in [2.75, 3.05) is 33.5 Å². The first kappa shape index (κ1) is 15.8. The molecule has 1 aliphatic rings. The Morgan fingerprint density at radius 2 is 2.15 bits per heavy atom. The zero-order chi connectivity index (χ0) is 14.2. The van der Waals surface area contributed by atoms with E-state index in [0.717, 1.165) is 32.9 Å². The highest BCUT2D eigenvalue weighted by molar-refractivity contribution is 8.00. The Bertz CT molecular complexity index is 405. The fraction of sp³-hybridized carbons (Fsp3) is 0.625. The lowest BCUT2D eigenvalue weighted by molar-refractivity contribution is 0.100. The summed E-state index contributed by atoms with van der Waals surface area (Å²) in [7, 11) is 1.73. The number of benzene rings is 1. The van der Waals surface area contributed by atoms with E-state index >= 15 is 0 Å². The molecule has 3 nitrogen and oxygen atoms in total. The minimum absolute atomic E-state index is 0.716. The lowest BCUT2D eigenvalue weighted by Crippen LogP contribution is -2.18. The first-order valence-corrected chi connectivity index (χ1v) is 8.21. The molecule has 0 aromatic heterocycles. The second-order valence-electron chi connectivity index (χ2n) is 5.20. The molecule has 20 heavy (non-hydrogen) atoms. The highest BCUT2D eigenvalue weighted by Crippen LogP contribution is 2.32. The first-order chi connectivity index (χ1) is 9.79. The number of rotatable bonds is 7. The van der Waals surface area contributed by atoms with Crippen LogP contribution in [0.2, 0.25) is 0 Å². The van der Waals surface area contributed by atoms with Gasteiger partial charge >= 0.3 is 0 Å². The summed E-state index contributed by atoms with van der Waals surface area (Å²) in [5.74, 6) is 0. The highest BCUT2D eigenvalue weighted by Gasteiger charge is 2.15. The molecule has 1 heterocycles. The molecule has 1 aromatic carbocycles. The molecule has 0 spiro atoms. The molecule has 0 unspecified atom stereocenters. The molecule has 1 N–H and O–H groups in total.